The number of aromatic hydroxyl groups is 1. The number of phenolic OH excluding ortho intramolecular Hbond substituents is 1. The molecule has 2 aliphatic heterocycles. The molecule has 0 saturated carbocycles. The van der Waals surface area contributed by atoms with Crippen LogP contribution >= 0.6 is 0 Å². The van der Waals surface area contributed by atoms with Gasteiger partial charge in [0.1, 0.15) is 11.5 Å². The van der Waals surface area contributed by atoms with Crippen molar-refractivity contribution in [1.29, 1.82) is 0 Å². The second-order valence-electron chi connectivity index (χ2n) is 6.19. The van der Waals surface area contributed by atoms with Gasteiger partial charge >= 0.3 is 0 Å². The van der Waals surface area contributed by atoms with Crippen LogP contribution in [0.4, 0.5) is 0 Å². The molecule has 0 amide bonds. The van der Waals surface area contributed by atoms with Crippen molar-refractivity contribution >= 4 is 0 Å². The van der Waals surface area contributed by atoms with Gasteiger partial charge in [-0.05, 0) is 23.6 Å². The molecule has 2 aromatic rings. The molecule has 0 radical (unpaired) electrons. The molecule has 2 heterocycles. The van der Waals surface area contributed by atoms with Crippen molar-refractivity contribution in [3.63, 3.8) is 0 Å². The van der Waals surface area contributed by atoms with E-state index in [-0.39, 0.29) is 12.2 Å². The van der Waals surface area contributed by atoms with Gasteiger partial charge in [-0.25, -0.2) is 0 Å². The molecule has 1 N–H and O–H groups in total. The van der Waals surface area contributed by atoms with Crippen LogP contribution < -0.4 is 4.74 Å². The summed E-state index contributed by atoms with van der Waals surface area (Å²) in [4.78, 5) is 0. The number of benzene rings is 2. The van der Waals surface area contributed by atoms with Gasteiger partial charge in [-0.1, -0.05) is 30.3 Å². The van der Waals surface area contributed by atoms with Crippen LogP contribution in [-0.2, 0) is 24.0 Å². The summed E-state index contributed by atoms with van der Waals surface area (Å²) in [5, 5.41) is 10.7. The highest BCUT2D eigenvalue weighted by Gasteiger charge is 2.38. The number of phenols is 1. The quantitative estimate of drug-likeness (QED) is 0.870. The Hall–Kier alpha value is -2.26. The fraction of sp³-hybridized carbons (Fsp3) is 0.300. The van der Waals surface area contributed by atoms with Crippen molar-refractivity contribution in [3.05, 3.63) is 70.8 Å². The maximum Gasteiger partial charge on any atom is 0.125 e. The van der Waals surface area contributed by atoms with E-state index >= 15 is 0 Å². The lowest BCUT2D eigenvalue weighted by molar-refractivity contribution is -0.0409. The Labute approximate surface area is 136 Å². The van der Waals surface area contributed by atoms with Crippen LogP contribution in [0.15, 0.2) is 43.0 Å². The van der Waals surface area contributed by atoms with Crippen LogP contribution in [0.1, 0.15) is 40.0 Å². The lowest BCUT2D eigenvalue weighted by Gasteiger charge is -2.39. The highest BCUT2D eigenvalue weighted by molar-refractivity contribution is 5.57. The number of rotatable bonds is 3. The van der Waals surface area contributed by atoms with Crippen molar-refractivity contribution in [3.8, 4) is 11.5 Å². The molecule has 2 bridgehead atoms. The molecule has 0 spiro atoms. The zero-order valence-corrected chi connectivity index (χ0v) is 13.2. The third-order valence-corrected chi connectivity index (χ3v) is 4.92. The lowest BCUT2D eigenvalue weighted by atomic mass is 9.80. The zero-order chi connectivity index (χ0) is 16.0. The molecule has 0 saturated heterocycles. The zero-order valence-electron chi connectivity index (χ0n) is 13.2. The molecular formula is C20H20O3. The predicted molar refractivity (Wildman–Crippen MR) is 89.0 cm³/mol. The molecule has 0 fully saturated rings. The number of methoxy groups -OCH3 is 1. The molecule has 3 nitrogen and oxygen atoms in total. The van der Waals surface area contributed by atoms with Gasteiger partial charge in [0.2, 0.25) is 0 Å². The summed E-state index contributed by atoms with van der Waals surface area (Å²) in [6.45, 7) is 3.78. The fourth-order valence-electron chi connectivity index (χ4n) is 3.88. The molecule has 23 heavy (non-hydrogen) atoms. The smallest absolute Gasteiger partial charge is 0.125 e. The molecule has 118 valence electrons. The van der Waals surface area contributed by atoms with E-state index in [9.17, 15) is 5.11 Å². The van der Waals surface area contributed by atoms with Crippen LogP contribution in [0.2, 0.25) is 0 Å². The minimum atomic E-state index is -0.0581. The molecule has 2 atom stereocenters. The number of hydrogen-bond donors (Lipinski definition) is 1. The van der Waals surface area contributed by atoms with E-state index in [1.54, 1.807) is 13.2 Å². The summed E-state index contributed by atoms with van der Waals surface area (Å²) in [5.74, 6) is 1.18. The average molecular weight is 308 g/mol. The van der Waals surface area contributed by atoms with Crippen molar-refractivity contribution in [2.45, 2.75) is 31.5 Å². The van der Waals surface area contributed by atoms with E-state index in [1.165, 1.54) is 11.1 Å². The molecule has 4 rings (SSSR count). The summed E-state index contributed by atoms with van der Waals surface area (Å²) in [6.07, 6.45) is 3.87. The van der Waals surface area contributed by atoms with E-state index in [1.807, 2.05) is 12.1 Å². The summed E-state index contributed by atoms with van der Waals surface area (Å²) in [5.41, 5.74) is 5.40. The Morgan fingerprint density at radius 2 is 2.13 bits per heavy atom. The first kappa shape index (κ1) is 14.3. The molecule has 2 aliphatic rings. The molecule has 0 aliphatic carbocycles. The van der Waals surface area contributed by atoms with Gasteiger partial charge in [-0.3, -0.25) is 0 Å². The van der Waals surface area contributed by atoms with E-state index in [4.69, 9.17) is 9.47 Å². The van der Waals surface area contributed by atoms with Crippen molar-refractivity contribution in [2.75, 3.05) is 7.11 Å². The molecule has 2 unspecified atom stereocenters. The van der Waals surface area contributed by atoms with E-state index in [0.717, 1.165) is 28.9 Å². The van der Waals surface area contributed by atoms with Gasteiger partial charge in [-0.15, -0.1) is 6.58 Å². The average Bonchev–Trinajstić information content (AvgIpc) is 2.58. The van der Waals surface area contributed by atoms with Crippen LogP contribution in [0.3, 0.4) is 0 Å². The minimum Gasteiger partial charge on any atom is -0.507 e. The largest absolute Gasteiger partial charge is 0.507 e. The van der Waals surface area contributed by atoms with E-state index in [0.29, 0.717) is 18.6 Å². The maximum atomic E-state index is 10.7. The molecule has 3 heteroatoms. The minimum absolute atomic E-state index is 0.00652. The van der Waals surface area contributed by atoms with Crippen LogP contribution in [0.25, 0.3) is 0 Å². The summed E-state index contributed by atoms with van der Waals surface area (Å²) in [6, 6.07) is 10.3. The van der Waals surface area contributed by atoms with Crippen molar-refractivity contribution < 1.29 is 14.6 Å². The van der Waals surface area contributed by atoms with E-state index in [2.05, 4.69) is 24.8 Å². The van der Waals surface area contributed by atoms with Crippen LogP contribution in [0, 0.1) is 0 Å². The summed E-state index contributed by atoms with van der Waals surface area (Å²) in [7, 11) is 1.67. The normalized spacial score (nSPS) is 21.3. The van der Waals surface area contributed by atoms with Gasteiger partial charge < -0.3 is 14.6 Å². The Morgan fingerprint density at radius 1 is 1.30 bits per heavy atom. The third kappa shape index (κ3) is 2.15. The first-order valence-corrected chi connectivity index (χ1v) is 7.98. The first-order valence-electron chi connectivity index (χ1n) is 7.98. The lowest BCUT2D eigenvalue weighted by Crippen LogP contribution is -2.28. The maximum absolute atomic E-state index is 10.7. The van der Waals surface area contributed by atoms with Crippen molar-refractivity contribution in [2.24, 2.45) is 0 Å². The Morgan fingerprint density at radius 3 is 2.91 bits per heavy atom. The standard InChI is InChI=1S/C20H20O3/c1-3-6-13-10-17(22-2)19-15(20(13)21)11-16-14-8-5-4-7-12(14)9-18(19)23-16/h3-5,7-8,10,16,18,21H,1,6,9,11H2,2H3. The Kier molecular flexibility index (Phi) is 3.38. The molecule has 0 aromatic heterocycles. The van der Waals surface area contributed by atoms with Crippen LogP contribution in [0.5, 0.6) is 11.5 Å². The van der Waals surface area contributed by atoms with E-state index < -0.39 is 0 Å². The third-order valence-electron chi connectivity index (χ3n) is 4.92. The SMILES string of the molecule is C=CCc1cc(OC)c2c(c1O)CC1OC2Cc2ccccc21. The van der Waals surface area contributed by atoms with Gasteiger partial charge in [0, 0.05) is 29.5 Å². The van der Waals surface area contributed by atoms with Gasteiger partial charge in [0.15, 0.2) is 0 Å². The number of fused-ring (bicyclic) bond motifs is 6. The highest BCUT2D eigenvalue weighted by atomic mass is 16.5. The van der Waals surface area contributed by atoms with Crippen molar-refractivity contribution in [1.82, 2.24) is 0 Å². The van der Waals surface area contributed by atoms with Crippen LogP contribution in [-0.4, -0.2) is 12.2 Å². The molecule has 2 aromatic carbocycles. The predicted octanol–water partition coefficient (Wildman–Crippen LogP) is 4.04. The second kappa shape index (κ2) is 5.43. The topological polar surface area (TPSA) is 38.7 Å². The number of hydrogen-bond acceptors (Lipinski definition) is 3. The first-order chi connectivity index (χ1) is 11.2. The van der Waals surface area contributed by atoms with Gasteiger partial charge in [0.05, 0.1) is 19.3 Å². The Balaban J connectivity index is 1.88. The second-order valence-corrected chi connectivity index (χ2v) is 6.19. The monoisotopic (exact) mass is 308 g/mol. The molecular weight excluding hydrogens is 288 g/mol. The Bertz CT molecular complexity index is 779. The fourth-order valence-corrected chi connectivity index (χ4v) is 3.88. The summed E-state index contributed by atoms with van der Waals surface area (Å²) < 4.78 is 11.9. The van der Waals surface area contributed by atoms with Gasteiger partial charge in [-0.2, -0.15) is 0 Å². The highest BCUT2D eigenvalue weighted by Crippen LogP contribution is 2.50. The summed E-state index contributed by atoms with van der Waals surface area (Å²) >= 11 is 0. The number of ether oxygens (including phenoxy) is 2. The van der Waals surface area contributed by atoms with Gasteiger partial charge in [0.25, 0.3) is 0 Å². The number of allylic oxidation sites excluding steroid dienone is 1.